The van der Waals surface area contributed by atoms with E-state index in [0.29, 0.717) is 0 Å². The van der Waals surface area contributed by atoms with Gasteiger partial charge in [0.05, 0.1) is 5.41 Å². The fourth-order valence-electron chi connectivity index (χ4n) is 9.73. The van der Waals surface area contributed by atoms with E-state index in [1.807, 2.05) is 0 Å². The highest BCUT2D eigenvalue weighted by molar-refractivity contribution is 5.93. The second-order valence-corrected chi connectivity index (χ2v) is 16.0. The van der Waals surface area contributed by atoms with Gasteiger partial charge < -0.3 is 4.90 Å². The second-order valence-electron chi connectivity index (χ2n) is 16.0. The fourth-order valence-corrected chi connectivity index (χ4v) is 9.73. The van der Waals surface area contributed by atoms with Crippen LogP contribution in [0.3, 0.4) is 0 Å². The molecule has 1 aliphatic carbocycles. The molecular weight excluding hydrogens is 747 g/mol. The molecule has 0 N–H and O–H groups in total. The van der Waals surface area contributed by atoms with E-state index < -0.39 is 5.41 Å². The molecule has 0 saturated heterocycles. The van der Waals surface area contributed by atoms with Crippen LogP contribution in [0.1, 0.15) is 22.3 Å². The molecule has 0 spiro atoms. The second kappa shape index (κ2) is 15.9. The summed E-state index contributed by atoms with van der Waals surface area (Å²) in [7, 11) is 0. The quantitative estimate of drug-likeness (QED) is 0.141. The average Bonchev–Trinajstić information content (AvgIpc) is 3.66. The van der Waals surface area contributed by atoms with Crippen LogP contribution in [0.2, 0.25) is 0 Å². The molecule has 292 valence electrons. The van der Waals surface area contributed by atoms with Gasteiger partial charge in [0.15, 0.2) is 0 Å². The Morgan fingerprint density at radius 1 is 0.226 bits per heavy atom. The summed E-state index contributed by atoms with van der Waals surface area (Å²) >= 11 is 0. The fraction of sp³-hybridized carbons (Fsp3) is 0.0164. The van der Waals surface area contributed by atoms with Crippen LogP contribution in [0, 0.1) is 0 Å². The Morgan fingerprint density at radius 3 is 1.29 bits per heavy atom. The first-order valence-electron chi connectivity index (χ1n) is 21.4. The largest absolute Gasteiger partial charge is 0.310 e. The lowest BCUT2D eigenvalue weighted by Gasteiger charge is -2.35. The number of fused-ring (bicyclic) bond motifs is 3. The van der Waals surface area contributed by atoms with E-state index in [2.05, 4.69) is 266 Å². The summed E-state index contributed by atoms with van der Waals surface area (Å²) in [4.78, 5) is 2.44. The predicted molar refractivity (Wildman–Crippen MR) is 260 cm³/mol. The van der Waals surface area contributed by atoms with E-state index >= 15 is 0 Å². The van der Waals surface area contributed by atoms with E-state index in [0.717, 1.165) is 17.1 Å². The van der Waals surface area contributed by atoms with Crippen molar-refractivity contribution in [1.82, 2.24) is 0 Å². The smallest absolute Gasteiger partial charge is 0.0714 e. The van der Waals surface area contributed by atoms with Gasteiger partial charge in [0.2, 0.25) is 0 Å². The molecule has 0 amide bonds. The van der Waals surface area contributed by atoms with Crippen LogP contribution < -0.4 is 4.90 Å². The number of benzene rings is 10. The molecule has 1 heteroatoms. The highest BCUT2D eigenvalue weighted by Gasteiger charge is 2.46. The molecule has 0 heterocycles. The van der Waals surface area contributed by atoms with Crippen molar-refractivity contribution in [3.05, 3.63) is 283 Å². The Morgan fingerprint density at radius 2 is 0.661 bits per heavy atom. The molecule has 1 aliphatic rings. The van der Waals surface area contributed by atoms with Gasteiger partial charge in [-0.1, -0.05) is 218 Å². The van der Waals surface area contributed by atoms with Crippen LogP contribution in [0.15, 0.2) is 261 Å². The van der Waals surface area contributed by atoms with Crippen LogP contribution >= 0.6 is 0 Å². The highest BCUT2D eigenvalue weighted by Crippen LogP contribution is 2.57. The monoisotopic (exact) mass is 789 g/mol. The van der Waals surface area contributed by atoms with Gasteiger partial charge in [-0.3, -0.25) is 0 Å². The number of hydrogen-bond donors (Lipinski definition) is 0. The van der Waals surface area contributed by atoms with E-state index in [4.69, 9.17) is 0 Å². The minimum atomic E-state index is -0.518. The summed E-state index contributed by atoms with van der Waals surface area (Å²) in [6.07, 6.45) is 0. The molecule has 0 fully saturated rings. The van der Waals surface area contributed by atoms with Gasteiger partial charge in [-0.05, 0) is 120 Å². The Bertz CT molecular complexity index is 3100. The first-order chi connectivity index (χ1) is 30.8. The molecule has 0 bridgehead atoms. The highest BCUT2D eigenvalue weighted by atomic mass is 15.1. The number of nitrogens with zero attached hydrogens (tertiary/aromatic N) is 1. The summed E-state index contributed by atoms with van der Waals surface area (Å²) in [5.41, 5.74) is 19.9. The molecule has 10 aromatic carbocycles. The van der Waals surface area contributed by atoms with Gasteiger partial charge >= 0.3 is 0 Å². The van der Waals surface area contributed by atoms with Gasteiger partial charge in [0, 0.05) is 17.1 Å². The third-order valence-corrected chi connectivity index (χ3v) is 12.6. The maximum atomic E-state index is 2.46. The van der Waals surface area contributed by atoms with Crippen LogP contribution in [-0.2, 0) is 5.41 Å². The molecule has 0 radical (unpaired) electrons. The Balaban J connectivity index is 1.14. The molecule has 62 heavy (non-hydrogen) atoms. The topological polar surface area (TPSA) is 3.24 Å². The molecular formula is C61H43N. The first kappa shape index (κ1) is 37.0. The molecule has 0 saturated carbocycles. The molecule has 10 aromatic rings. The van der Waals surface area contributed by atoms with Gasteiger partial charge in [-0.15, -0.1) is 0 Å². The molecule has 1 nitrogen and oxygen atoms in total. The zero-order valence-corrected chi connectivity index (χ0v) is 34.3. The van der Waals surface area contributed by atoms with Crippen molar-refractivity contribution in [2.24, 2.45) is 0 Å². The van der Waals surface area contributed by atoms with Gasteiger partial charge in [0.25, 0.3) is 0 Å². The molecule has 11 rings (SSSR count). The SMILES string of the molecule is c1ccc(-c2ccc(N(c3ccc(-c4cccc(-c5ccccc5)c4)c(-c4ccccc4)c3)c3ccc4c(c3)C(c3ccccc3)(c3ccccc3)c3ccccc3-4)cc2)cc1. The van der Waals surface area contributed by atoms with Gasteiger partial charge in [0.1, 0.15) is 0 Å². The summed E-state index contributed by atoms with van der Waals surface area (Å²) in [5.74, 6) is 0. The predicted octanol–water partition coefficient (Wildman–Crippen LogP) is 16.2. The Kier molecular flexibility index (Phi) is 9.48. The van der Waals surface area contributed by atoms with Crippen molar-refractivity contribution in [3.8, 4) is 55.6 Å². The Labute approximate surface area is 364 Å². The minimum Gasteiger partial charge on any atom is -0.310 e. The van der Waals surface area contributed by atoms with Crippen molar-refractivity contribution < 1.29 is 0 Å². The number of hydrogen-bond acceptors (Lipinski definition) is 1. The normalized spacial score (nSPS) is 12.3. The van der Waals surface area contributed by atoms with Crippen molar-refractivity contribution in [2.45, 2.75) is 5.41 Å². The standard InChI is InChI=1S/C61H43N/c1-6-19-44(20-7-1)46-33-35-52(36-34-46)62(53-37-39-55(58(42-53)47-23-10-3-11-24-47)49-26-18-25-48(41-49)45-21-8-2-9-22-45)54-38-40-57-56-31-16-17-32-59(56)61(60(57)43-54,50-27-12-4-13-28-50)51-29-14-5-15-30-51/h1-43H. The van der Waals surface area contributed by atoms with E-state index in [-0.39, 0.29) is 0 Å². The minimum absolute atomic E-state index is 0.518. The lowest BCUT2D eigenvalue weighted by molar-refractivity contribution is 0.768. The van der Waals surface area contributed by atoms with E-state index in [1.54, 1.807) is 0 Å². The summed E-state index contributed by atoms with van der Waals surface area (Å²) in [6, 6.07) is 95.3. The van der Waals surface area contributed by atoms with Crippen LogP contribution in [-0.4, -0.2) is 0 Å². The molecule has 0 atom stereocenters. The maximum absolute atomic E-state index is 2.46. The number of anilines is 3. The lowest BCUT2D eigenvalue weighted by atomic mass is 9.67. The number of rotatable bonds is 9. The van der Waals surface area contributed by atoms with Crippen molar-refractivity contribution >= 4 is 17.1 Å². The van der Waals surface area contributed by atoms with Crippen LogP contribution in [0.5, 0.6) is 0 Å². The van der Waals surface area contributed by atoms with E-state index in [9.17, 15) is 0 Å². The third kappa shape index (κ3) is 6.43. The van der Waals surface area contributed by atoms with Crippen LogP contribution in [0.4, 0.5) is 17.1 Å². The molecule has 0 aliphatic heterocycles. The molecule has 0 unspecified atom stereocenters. The Hall–Kier alpha value is -8.00. The maximum Gasteiger partial charge on any atom is 0.0714 e. The summed E-state index contributed by atoms with van der Waals surface area (Å²) in [5, 5.41) is 0. The average molecular weight is 790 g/mol. The molecule has 0 aromatic heterocycles. The third-order valence-electron chi connectivity index (χ3n) is 12.6. The van der Waals surface area contributed by atoms with Gasteiger partial charge in [-0.25, -0.2) is 0 Å². The first-order valence-corrected chi connectivity index (χ1v) is 21.4. The van der Waals surface area contributed by atoms with Crippen LogP contribution in [0.25, 0.3) is 55.6 Å². The van der Waals surface area contributed by atoms with Gasteiger partial charge in [-0.2, -0.15) is 0 Å². The summed E-state index contributed by atoms with van der Waals surface area (Å²) < 4.78 is 0. The zero-order valence-electron chi connectivity index (χ0n) is 34.3. The van der Waals surface area contributed by atoms with E-state index in [1.165, 1.54) is 77.9 Å². The van der Waals surface area contributed by atoms with Crippen molar-refractivity contribution in [1.29, 1.82) is 0 Å². The lowest BCUT2D eigenvalue weighted by Crippen LogP contribution is -2.28. The van der Waals surface area contributed by atoms with Crippen molar-refractivity contribution in [3.63, 3.8) is 0 Å². The van der Waals surface area contributed by atoms with Crippen molar-refractivity contribution in [2.75, 3.05) is 4.90 Å². The summed E-state index contributed by atoms with van der Waals surface area (Å²) in [6.45, 7) is 0. The zero-order chi connectivity index (χ0) is 41.3.